The third kappa shape index (κ3) is 5.14. The van der Waals surface area contributed by atoms with E-state index in [1.807, 2.05) is 0 Å². The second kappa shape index (κ2) is 11.1. The molecule has 0 spiro atoms. The molecule has 0 radical (unpaired) electrons. The van der Waals surface area contributed by atoms with Gasteiger partial charge in [-0.15, -0.1) is 0 Å². The van der Waals surface area contributed by atoms with Crippen LogP contribution in [0.1, 0.15) is 31.1 Å². The third-order valence-corrected chi connectivity index (χ3v) is 8.34. The van der Waals surface area contributed by atoms with Gasteiger partial charge in [0.1, 0.15) is 34.5 Å². The molecule has 11 heteroatoms. The van der Waals surface area contributed by atoms with Gasteiger partial charge in [-0.2, -0.15) is 4.57 Å². The number of carbonyl (C=O) groups is 3. The Labute approximate surface area is 248 Å². The highest BCUT2D eigenvalue weighted by atomic mass is 31.2. The van der Waals surface area contributed by atoms with Crippen LogP contribution in [-0.2, 0) is 4.57 Å². The highest BCUT2D eigenvalue weighted by molar-refractivity contribution is 7.49. The van der Waals surface area contributed by atoms with E-state index in [1.165, 1.54) is 72.8 Å². The molecule has 0 amide bonds. The van der Waals surface area contributed by atoms with Crippen LogP contribution in [0.4, 0.5) is 0 Å². The first kappa shape index (κ1) is 28.3. The largest absolute Gasteiger partial charge is 0.647 e. The van der Waals surface area contributed by atoms with Crippen LogP contribution in [0.5, 0.6) is 34.5 Å². The van der Waals surface area contributed by atoms with Gasteiger partial charge in [-0.3, -0.25) is 14.4 Å². The molecule has 0 aromatic heterocycles. The van der Waals surface area contributed by atoms with E-state index in [2.05, 4.69) is 0 Å². The first-order valence-electron chi connectivity index (χ1n) is 13.0. The molecule has 6 aromatic carbocycles. The van der Waals surface area contributed by atoms with E-state index in [0.717, 1.165) is 0 Å². The minimum atomic E-state index is -4.56. The van der Waals surface area contributed by atoms with Crippen molar-refractivity contribution in [3.8, 4) is 34.5 Å². The van der Waals surface area contributed by atoms with Crippen molar-refractivity contribution in [1.29, 1.82) is 0 Å². The van der Waals surface area contributed by atoms with Gasteiger partial charge in [0.25, 0.3) is 0 Å². The van der Waals surface area contributed by atoms with Gasteiger partial charge in [0, 0.05) is 0 Å². The number of phosphoric acid groups is 1. The average Bonchev–Trinajstić information content (AvgIpc) is 3.01. The molecule has 0 aliphatic carbocycles. The molecule has 10 nitrogen and oxygen atoms in total. The van der Waals surface area contributed by atoms with Crippen LogP contribution in [0.3, 0.4) is 0 Å². The Bertz CT molecular complexity index is 1950. The van der Waals surface area contributed by atoms with E-state index in [-0.39, 0.29) is 51.2 Å². The fourth-order valence-corrected chi connectivity index (χ4v) is 6.17. The molecule has 0 heterocycles. The average molecular weight is 608 g/mol. The molecule has 44 heavy (non-hydrogen) atoms. The molecule has 6 aromatic rings. The van der Waals surface area contributed by atoms with Crippen molar-refractivity contribution in [2.75, 3.05) is 0 Å². The third-order valence-electron chi connectivity index (χ3n) is 7.03. The molecular formula is C33H21O10P. The molecule has 0 unspecified atom stereocenters. The standard InChI is InChI=1S/C33H21O10P/c34-16-28-25-7-4-22(13-19(25)1-10-31(28)37)41-44(40,42-23-5-8-26-20(14-23)2-11-32(38)29(26)17-35)43-24-6-9-27-21(15-24)3-12-33(39)30(27)18-36/h1-18,37-39H. The number of fused-ring (bicyclic) bond motifs is 3. The van der Waals surface area contributed by atoms with Gasteiger partial charge >= 0.3 is 7.82 Å². The maximum Gasteiger partial charge on any atom is 0.647 e. The highest BCUT2D eigenvalue weighted by Crippen LogP contribution is 2.51. The summed E-state index contributed by atoms with van der Waals surface area (Å²) >= 11 is 0. The lowest BCUT2D eigenvalue weighted by atomic mass is 10.0. The molecule has 218 valence electrons. The Hall–Kier alpha value is -5.86. The zero-order valence-corrected chi connectivity index (χ0v) is 23.4. The lowest BCUT2D eigenvalue weighted by molar-refractivity contribution is 0.111. The zero-order valence-electron chi connectivity index (χ0n) is 22.5. The molecule has 0 fully saturated rings. The number of aldehydes is 3. The minimum Gasteiger partial charge on any atom is -0.507 e. The van der Waals surface area contributed by atoms with Crippen LogP contribution in [0, 0.1) is 0 Å². The van der Waals surface area contributed by atoms with Gasteiger partial charge in [0.2, 0.25) is 0 Å². The molecule has 0 aliphatic rings. The number of phenols is 3. The quantitative estimate of drug-likeness (QED) is 0.112. The van der Waals surface area contributed by atoms with Crippen LogP contribution < -0.4 is 13.6 Å². The van der Waals surface area contributed by atoms with Gasteiger partial charge in [-0.25, -0.2) is 0 Å². The van der Waals surface area contributed by atoms with Crippen molar-refractivity contribution in [2.45, 2.75) is 0 Å². The number of benzene rings is 6. The topological polar surface area (TPSA) is 157 Å². The summed E-state index contributed by atoms with van der Waals surface area (Å²) in [5, 5.41) is 32.9. The normalized spacial score (nSPS) is 11.4. The fraction of sp³-hybridized carbons (Fsp3) is 0. The monoisotopic (exact) mass is 608 g/mol. The number of carbonyl (C=O) groups excluding carboxylic acids is 3. The zero-order chi connectivity index (χ0) is 31.0. The maximum atomic E-state index is 14.3. The molecule has 3 N–H and O–H groups in total. The number of rotatable bonds is 9. The van der Waals surface area contributed by atoms with Crippen LogP contribution in [0.25, 0.3) is 32.3 Å². The van der Waals surface area contributed by atoms with E-state index in [4.69, 9.17) is 13.6 Å². The number of hydrogen-bond donors (Lipinski definition) is 3. The summed E-state index contributed by atoms with van der Waals surface area (Å²) in [7, 11) is -4.56. The van der Waals surface area contributed by atoms with Gasteiger partial charge in [-0.05, 0) is 105 Å². The van der Waals surface area contributed by atoms with Gasteiger partial charge < -0.3 is 28.9 Å². The second-order valence-electron chi connectivity index (χ2n) is 9.72. The van der Waals surface area contributed by atoms with Gasteiger partial charge in [0.15, 0.2) is 18.9 Å². The molecule has 0 aliphatic heterocycles. The number of phenolic OH excluding ortho intramolecular Hbond substituents is 3. The van der Waals surface area contributed by atoms with Crippen LogP contribution in [0.15, 0.2) is 91.0 Å². The predicted molar refractivity (Wildman–Crippen MR) is 162 cm³/mol. The predicted octanol–water partition coefficient (Wildman–Crippen LogP) is 7.35. The Kier molecular flexibility index (Phi) is 7.12. The van der Waals surface area contributed by atoms with E-state index >= 15 is 0 Å². The number of phosphoric ester groups is 1. The second-order valence-corrected chi connectivity index (χ2v) is 11.2. The van der Waals surface area contributed by atoms with E-state index in [0.29, 0.717) is 51.2 Å². The Morgan fingerprint density at radius 2 is 0.750 bits per heavy atom. The van der Waals surface area contributed by atoms with Crippen LogP contribution in [0.2, 0.25) is 0 Å². The Morgan fingerprint density at radius 3 is 1.02 bits per heavy atom. The molecule has 0 saturated carbocycles. The molecule has 0 bridgehead atoms. The van der Waals surface area contributed by atoms with Crippen molar-refractivity contribution >= 4 is 59.0 Å². The lowest BCUT2D eigenvalue weighted by Crippen LogP contribution is -2.08. The SMILES string of the molecule is O=Cc1c(O)ccc2cc(OP(=O)(Oc3ccc4c(C=O)c(O)ccc4c3)Oc3ccc4c(C=O)c(O)ccc4c3)ccc12. The number of hydrogen-bond acceptors (Lipinski definition) is 10. The van der Waals surface area contributed by atoms with E-state index in [1.54, 1.807) is 18.2 Å². The molecule has 6 rings (SSSR count). The van der Waals surface area contributed by atoms with Crippen molar-refractivity contribution < 1.29 is 47.8 Å². The summed E-state index contributed by atoms with van der Waals surface area (Å²) in [5.41, 5.74) is 0.246. The summed E-state index contributed by atoms with van der Waals surface area (Å²) in [6.45, 7) is 0. The van der Waals surface area contributed by atoms with Gasteiger partial charge in [0.05, 0.1) is 16.7 Å². The van der Waals surface area contributed by atoms with Crippen molar-refractivity contribution in [2.24, 2.45) is 0 Å². The summed E-state index contributed by atoms with van der Waals surface area (Å²) in [6.07, 6.45) is 1.58. The van der Waals surface area contributed by atoms with Crippen molar-refractivity contribution in [1.82, 2.24) is 0 Å². The van der Waals surface area contributed by atoms with E-state index < -0.39 is 7.82 Å². The smallest absolute Gasteiger partial charge is 0.507 e. The van der Waals surface area contributed by atoms with Crippen LogP contribution >= 0.6 is 7.82 Å². The minimum absolute atomic E-state index is 0.0614. The first-order chi connectivity index (χ1) is 21.2. The summed E-state index contributed by atoms with van der Waals surface area (Å²) in [4.78, 5) is 34.6. The Balaban J connectivity index is 1.42. The summed E-state index contributed by atoms with van der Waals surface area (Å²) in [6, 6.07) is 22.1. The summed E-state index contributed by atoms with van der Waals surface area (Å²) < 4.78 is 31.8. The number of aromatic hydroxyl groups is 3. The fourth-order valence-electron chi connectivity index (χ4n) is 4.95. The van der Waals surface area contributed by atoms with Gasteiger partial charge in [-0.1, -0.05) is 18.2 Å². The highest BCUT2D eigenvalue weighted by Gasteiger charge is 2.34. The van der Waals surface area contributed by atoms with Crippen molar-refractivity contribution in [3.05, 3.63) is 108 Å². The van der Waals surface area contributed by atoms with Crippen molar-refractivity contribution in [3.63, 3.8) is 0 Å². The first-order valence-corrected chi connectivity index (χ1v) is 14.5. The lowest BCUT2D eigenvalue weighted by Gasteiger charge is -2.20. The Morgan fingerprint density at radius 1 is 0.455 bits per heavy atom. The molecular weight excluding hydrogens is 587 g/mol. The van der Waals surface area contributed by atoms with Crippen LogP contribution in [-0.4, -0.2) is 34.2 Å². The molecule has 0 atom stereocenters. The van der Waals surface area contributed by atoms with E-state index in [9.17, 15) is 34.3 Å². The maximum absolute atomic E-state index is 14.3. The summed E-state index contributed by atoms with van der Waals surface area (Å²) in [5.74, 6) is -0.390. The molecule has 0 saturated heterocycles.